The number of methoxy groups -OCH3 is 1. The topological polar surface area (TPSA) is 91.0 Å². The van der Waals surface area contributed by atoms with Gasteiger partial charge in [-0.2, -0.15) is 0 Å². The molecule has 1 atom stereocenters. The van der Waals surface area contributed by atoms with Gasteiger partial charge in [0.05, 0.1) is 18.7 Å². The van der Waals surface area contributed by atoms with E-state index in [2.05, 4.69) is 15.5 Å². The van der Waals surface area contributed by atoms with Crippen LogP contribution in [-0.2, 0) is 14.3 Å². The predicted octanol–water partition coefficient (Wildman–Crippen LogP) is 0.632. The van der Waals surface area contributed by atoms with Gasteiger partial charge in [-0.05, 0) is 5.56 Å². The molecule has 0 saturated carbocycles. The SMILES string of the molecule is COC(=O)C1=C(CN2CCN(C(C)=O)CC2)NC(=O)N[C@H]1c1ccccc1. The van der Waals surface area contributed by atoms with Crippen molar-refractivity contribution in [3.8, 4) is 0 Å². The molecular formula is C19H24N4O4. The second-order valence-corrected chi connectivity index (χ2v) is 6.61. The molecule has 0 spiro atoms. The molecule has 2 aliphatic heterocycles. The number of piperazine rings is 1. The van der Waals surface area contributed by atoms with E-state index in [1.165, 1.54) is 7.11 Å². The van der Waals surface area contributed by atoms with Gasteiger partial charge in [-0.3, -0.25) is 9.69 Å². The van der Waals surface area contributed by atoms with E-state index in [-0.39, 0.29) is 11.9 Å². The van der Waals surface area contributed by atoms with Gasteiger partial charge in [0.15, 0.2) is 0 Å². The van der Waals surface area contributed by atoms with Crippen molar-refractivity contribution in [1.82, 2.24) is 20.4 Å². The Labute approximate surface area is 158 Å². The Balaban J connectivity index is 1.86. The Morgan fingerprint density at radius 1 is 1.15 bits per heavy atom. The Hall–Kier alpha value is -2.87. The normalized spacial score (nSPS) is 20.7. The molecule has 0 unspecified atom stereocenters. The van der Waals surface area contributed by atoms with Crippen LogP contribution in [0.3, 0.4) is 0 Å². The highest BCUT2D eigenvalue weighted by atomic mass is 16.5. The summed E-state index contributed by atoms with van der Waals surface area (Å²) in [6.07, 6.45) is 0. The van der Waals surface area contributed by atoms with Crippen LogP contribution >= 0.6 is 0 Å². The van der Waals surface area contributed by atoms with Gasteiger partial charge in [0.25, 0.3) is 0 Å². The van der Waals surface area contributed by atoms with Gasteiger partial charge in [-0.15, -0.1) is 0 Å². The number of nitrogens with zero attached hydrogens (tertiary/aromatic N) is 2. The summed E-state index contributed by atoms with van der Waals surface area (Å²) in [7, 11) is 1.33. The van der Waals surface area contributed by atoms with Crippen LogP contribution in [0, 0.1) is 0 Å². The zero-order valence-electron chi connectivity index (χ0n) is 15.5. The fourth-order valence-electron chi connectivity index (χ4n) is 3.43. The monoisotopic (exact) mass is 372 g/mol. The Morgan fingerprint density at radius 2 is 1.81 bits per heavy atom. The Morgan fingerprint density at radius 3 is 2.41 bits per heavy atom. The summed E-state index contributed by atoms with van der Waals surface area (Å²) in [5.74, 6) is -0.419. The van der Waals surface area contributed by atoms with Crippen molar-refractivity contribution in [2.24, 2.45) is 0 Å². The van der Waals surface area contributed by atoms with E-state index in [1.807, 2.05) is 30.3 Å². The van der Waals surface area contributed by atoms with E-state index in [4.69, 9.17) is 4.74 Å². The third-order valence-electron chi connectivity index (χ3n) is 4.89. The lowest BCUT2D eigenvalue weighted by atomic mass is 9.95. The number of esters is 1. The van der Waals surface area contributed by atoms with Crippen LogP contribution in [0.15, 0.2) is 41.6 Å². The quantitative estimate of drug-likeness (QED) is 0.757. The van der Waals surface area contributed by atoms with Gasteiger partial charge in [0.1, 0.15) is 0 Å². The second kappa shape index (κ2) is 8.22. The Bertz CT molecular complexity index is 754. The lowest BCUT2D eigenvalue weighted by Gasteiger charge is -2.36. The number of rotatable bonds is 4. The van der Waals surface area contributed by atoms with Crippen molar-refractivity contribution in [3.05, 3.63) is 47.2 Å². The molecule has 2 aliphatic rings. The number of carbonyl (C=O) groups excluding carboxylic acids is 3. The number of ether oxygens (including phenoxy) is 1. The highest BCUT2D eigenvalue weighted by Crippen LogP contribution is 2.28. The van der Waals surface area contributed by atoms with Crippen molar-refractivity contribution in [1.29, 1.82) is 0 Å². The number of hydrogen-bond donors (Lipinski definition) is 2. The molecular weight excluding hydrogens is 348 g/mol. The fraction of sp³-hybridized carbons (Fsp3) is 0.421. The van der Waals surface area contributed by atoms with Crippen molar-refractivity contribution in [3.63, 3.8) is 0 Å². The van der Waals surface area contributed by atoms with Gasteiger partial charge in [0.2, 0.25) is 5.91 Å². The molecule has 0 bridgehead atoms. The minimum Gasteiger partial charge on any atom is -0.466 e. The van der Waals surface area contributed by atoms with Crippen molar-refractivity contribution >= 4 is 17.9 Å². The molecule has 2 heterocycles. The van der Waals surface area contributed by atoms with Crippen molar-refractivity contribution < 1.29 is 19.1 Å². The van der Waals surface area contributed by atoms with Crippen LogP contribution in [-0.4, -0.2) is 67.5 Å². The zero-order valence-corrected chi connectivity index (χ0v) is 15.5. The highest BCUT2D eigenvalue weighted by Gasteiger charge is 2.34. The summed E-state index contributed by atoms with van der Waals surface area (Å²) in [6.45, 7) is 4.58. The molecule has 144 valence electrons. The molecule has 1 saturated heterocycles. The van der Waals surface area contributed by atoms with Crippen molar-refractivity contribution in [2.75, 3.05) is 39.8 Å². The van der Waals surface area contributed by atoms with Gasteiger partial charge >= 0.3 is 12.0 Å². The maximum atomic E-state index is 12.5. The predicted molar refractivity (Wildman–Crippen MR) is 98.6 cm³/mol. The largest absolute Gasteiger partial charge is 0.466 e. The zero-order chi connectivity index (χ0) is 19.4. The third-order valence-corrected chi connectivity index (χ3v) is 4.89. The molecule has 3 amide bonds. The molecule has 0 aliphatic carbocycles. The summed E-state index contributed by atoms with van der Waals surface area (Å²) in [5, 5.41) is 5.58. The molecule has 27 heavy (non-hydrogen) atoms. The average Bonchev–Trinajstić information content (AvgIpc) is 2.68. The van der Waals surface area contributed by atoms with Crippen molar-refractivity contribution in [2.45, 2.75) is 13.0 Å². The van der Waals surface area contributed by atoms with Gasteiger partial charge < -0.3 is 20.3 Å². The van der Waals surface area contributed by atoms with E-state index in [0.717, 1.165) is 5.56 Å². The maximum absolute atomic E-state index is 12.5. The number of nitrogens with one attached hydrogen (secondary N) is 2. The minimum atomic E-state index is -0.569. The number of hydrogen-bond acceptors (Lipinski definition) is 5. The minimum absolute atomic E-state index is 0.0587. The smallest absolute Gasteiger partial charge is 0.338 e. The summed E-state index contributed by atoms with van der Waals surface area (Å²) < 4.78 is 4.99. The highest BCUT2D eigenvalue weighted by molar-refractivity contribution is 5.95. The molecule has 0 radical (unpaired) electrons. The summed E-state index contributed by atoms with van der Waals surface area (Å²) in [5.41, 5.74) is 1.75. The molecule has 8 heteroatoms. The lowest BCUT2D eigenvalue weighted by Crippen LogP contribution is -2.52. The van der Waals surface area contributed by atoms with Crippen LogP contribution < -0.4 is 10.6 Å². The summed E-state index contributed by atoms with van der Waals surface area (Å²) in [6, 6.07) is 8.40. The standard InChI is InChI=1S/C19H24N4O4/c1-13(24)23-10-8-22(9-11-23)12-15-16(18(25)27-2)17(21-19(26)20-15)14-6-4-3-5-7-14/h3-7,17H,8-12H2,1-2H3,(H2,20,21,26)/t17-/m0/s1. The molecule has 8 nitrogen and oxygen atoms in total. The molecule has 1 fully saturated rings. The van der Waals surface area contributed by atoms with Crippen LogP contribution in [0.5, 0.6) is 0 Å². The van der Waals surface area contributed by atoms with E-state index >= 15 is 0 Å². The lowest BCUT2D eigenvalue weighted by molar-refractivity contribution is -0.136. The first-order valence-electron chi connectivity index (χ1n) is 8.91. The molecule has 2 N–H and O–H groups in total. The molecule has 0 aromatic heterocycles. The number of amides is 3. The summed E-state index contributed by atoms with van der Waals surface area (Å²) in [4.78, 5) is 40.1. The first-order chi connectivity index (χ1) is 13.0. The van der Waals surface area contributed by atoms with E-state index in [1.54, 1.807) is 11.8 Å². The second-order valence-electron chi connectivity index (χ2n) is 6.61. The first kappa shape index (κ1) is 18.9. The molecule has 1 aromatic carbocycles. The van der Waals surface area contributed by atoms with Gasteiger partial charge in [-0.1, -0.05) is 30.3 Å². The Kier molecular flexibility index (Phi) is 5.75. The van der Waals surface area contributed by atoms with E-state index in [9.17, 15) is 14.4 Å². The van der Waals surface area contributed by atoms with Crippen LogP contribution in [0.25, 0.3) is 0 Å². The van der Waals surface area contributed by atoms with Gasteiger partial charge in [-0.25, -0.2) is 9.59 Å². The maximum Gasteiger partial charge on any atom is 0.338 e. The van der Waals surface area contributed by atoms with Gasteiger partial charge in [0, 0.05) is 45.3 Å². The van der Waals surface area contributed by atoms with Crippen LogP contribution in [0.1, 0.15) is 18.5 Å². The molecule has 1 aromatic rings. The first-order valence-corrected chi connectivity index (χ1v) is 8.91. The van der Waals surface area contributed by atoms with Crippen LogP contribution in [0.4, 0.5) is 4.79 Å². The number of carbonyl (C=O) groups is 3. The third kappa shape index (κ3) is 4.28. The number of urea groups is 1. The van der Waals surface area contributed by atoms with E-state index in [0.29, 0.717) is 44.0 Å². The van der Waals surface area contributed by atoms with E-state index < -0.39 is 12.0 Å². The van der Waals surface area contributed by atoms with Crippen LogP contribution in [0.2, 0.25) is 0 Å². The average molecular weight is 372 g/mol. The fourth-order valence-corrected chi connectivity index (χ4v) is 3.43. The number of benzene rings is 1. The summed E-state index contributed by atoms with van der Waals surface area (Å²) >= 11 is 0. The molecule has 3 rings (SSSR count).